The van der Waals surface area contributed by atoms with E-state index in [0.717, 1.165) is 61.9 Å². The van der Waals surface area contributed by atoms with Crippen LogP contribution < -0.4 is 0 Å². The normalized spacial score (nSPS) is 53.6. The molecule has 0 amide bonds. The summed E-state index contributed by atoms with van der Waals surface area (Å²) in [6.07, 6.45) is 13.3. The Morgan fingerprint density at radius 1 is 0.963 bits per heavy atom. The van der Waals surface area contributed by atoms with Crippen molar-refractivity contribution in [2.75, 3.05) is 13.2 Å². The third-order valence-electron chi connectivity index (χ3n) is 10.2. The van der Waals surface area contributed by atoms with Crippen LogP contribution in [0.1, 0.15) is 78.1 Å². The maximum Gasteiger partial charge on any atom is 0.120 e. The molecule has 0 unspecified atom stereocenters. The largest absolute Gasteiger partial charge is 0.390 e. The number of aldehydes is 1. The Morgan fingerprint density at radius 3 is 2.44 bits per heavy atom. The highest BCUT2D eigenvalue weighted by molar-refractivity contribution is 5.51. The van der Waals surface area contributed by atoms with Crippen molar-refractivity contribution in [2.24, 2.45) is 46.3 Å². The number of fused-ring (bicyclic) bond motifs is 5. The van der Waals surface area contributed by atoms with Crippen LogP contribution in [-0.4, -0.2) is 30.2 Å². The van der Waals surface area contributed by atoms with Crippen molar-refractivity contribution >= 4 is 6.29 Å². The van der Waals surface area contributed by atoms with E-state index in [1.807, 2.05) is 0 Å². The molecule has 1 heterocycles. The van der Waals surface area contributed by atoms with E-state index in [9.17, 15) is 9.90 Å². The molecule has 27 heavy (non-hydrogen) atoms. The molecular formula is C24H38O3. The van der Waals surface area contributed by atoms with Gasteiger partial charge in [-0.25, -0.2) is 0 Å². The van der Waals surface area contributed by atoms with E-state index in [0.29, 0.717) is 17.8 Å². The lowest BCUT2D eigenvalue weighted by Crippen LogP contribution is -2.56. The number of aliphatic hydroxyl groups is 1. The number of hydrogen-bond acceptors (Lipinski definition) is 3. The molecule has 0 bridgehead atoms. The van der Waals surface area contributed by atoms with Crippen LogP contribution in [0, 0.1) is 46.3 Å². The molecular weight excluding hydrogens is 336 g/mol. The summed E-state index contributed by atoms with van der Waals surface area (Å²) in [5.41, 5.74) is 0.154. The molecule has 152 valence electrons. The Hall–Kier alpha value is -0.410. The summed E-state index contributed by atoms with van der Waals surface area (Å²) in [7, 11) is 0. The van der Waals surface area contributed by atoms with E-state index in [1.54, 1.807) is 0 Å². The van der Waals surface area contributed by atoms with Crippen LogP contribution >= 0.6 is 0 Å². The van der Waals surface area contributed by atoms with Crippen molar-refractivity contribution < 1.29 is 14.6 Å². The molecule has 4 saturated carbocycles. The van der Waals surface area contributed by atoms with Gasteiger partial charge in [-0.1, -0.05) is 6.92 Å². The van der Waals surface area contributed by atoms with Crippen LogP contribution in [0.5, 0.6) is 0 Å². The first-order valence-corrected chi connectivity index (χ1v) is 11.6. The minimum Gasteiger partial charge on any atom is -0.390 e. The monoisotopic (exact) mass is 374 g/mol. The van der Waals surface area contributed by atoms with Crippen molar-refractivity contribution in [3.05, 3.63) is 0 Å². The van der Waals surface area contributed by atoms with Crippen LogP contribution in [0.15, 0.2) is 0 Å². The van der Waals surface area contributed by atoms with Crippen molar-refractivity contribution in [3.63, 3.8) is 0 Å². The second-order valence-electron chi connectivity index (χ2n) is 11.6. The van der Waals surface area contributed by atoms with Gasteiger partial charge in [0.05, 0.1) is 18.8 Å². The number of hydrogen-bond donors (Lipinski definition) is 1. The maximum atomic E-state index is 11.4. The van der Waals surface area contributed by atoms with Gasteiger partial charge in [0.1, 0.15) is 6.29 Å². The number of carbonyl (C=O) groups is 1. The molecule has 3 nitrogen and oxygen atoms in total. The molecule has 5 fully saturated rings. The zero-order chi connectivity index (χ0) is 18.9. The molecule has 0 spiro atoms. The number of carbonyl (C=O) groups excluding carboxylic acids is 1. The van der Waals surface area contributed by atoms with E-state index in [-0.39, 0.29) is 5.41 Å². The molecule has 5 rings (SSSR count). The van der Waals surface area contributed by atoms with E-state index in [4.69, 9.17) is 4.74 Å². The summed E-state index contributed by atoms with van der Waals surface area (Å²) < 4.78 is 5.64. The lowest BCUT2D eigenvalue weighted by atomic mass is 9.47. The van der Waals surface area contributed by atoms with Crippen LogP contribution in [0.4, 0.5) is 0 Å². The zero-order valence-corrected chi connectivity index (χ0v) is 17.3. The van der Waals surface area contributed by atoms with Crippen LogP contribution in [0.3, 0.4) is 0 Å². The highest BCUT2D eigenvalue weighted by Gasteiger charge is 2.62. The average Bonchev–Trinajstić information content (AvgIpc) is 2.94. The minimum absolute atomic E-state index is 0.152. The number of ether oxygens (including phenoxy) is 1. The summed E-state index contributed by atoms with van der Waals surface area (Å²) in [4.78, 5) is 11.4. The first-order chi connectivity index (χ1) is 12.9. The van der Waals surface area contributed by atoms with E-state index in [1.165, 1.54) is 44.9 Å². The van der Waals surface area contributed by atoms with E-state index in [2.05, 4.69) is 13.8 Å². The van der Waals surface area contributed by atoms with Crippen molar-refractivity contribution in [1.29, 1.82) is 0 Å². The van der Waals surface area contributed by atoms with Gasteiger partial charge in [-0.05, 0) is 106 Å². The van der Waals surface area contributed by atoms with E-state index >= 15 is 0 Å². The van der Waals surface area contributed by atoms with Gasteiger partial charge < -0.3 is 14.6 Å². The third-order valence-corrected chi connectivity index (χ3v) is 10.2. The second kappa shape index (κ2) is 6.29. The van der Waals surface area contributed by atoms with Gasteiger partial charge in [-0.3, -0.25) is 0 Å². The quantitative estimate of drug-likeness (QED) is 0.734. The minimum atomic E-state index is -0.416. The van der Waals surface area contributed by atoms with Gasteiger partial charge in [0.15, 0.2) is 0 Å². The molecule has 0 aromatic rings. The fraction of sp³-hybridized carbons (Fsp3) is 0.958. The van der Waals surface area contributed by atoms with E-state index < -0.39 is 5.60 Å². The molecule has 1 N–H and O–H groups in total. The molecule has 0 aromatic heterocycles. The predicted octanol–water partition coefficient (Wildman–Crippen LogP) is 4.61. The summed E-state index contributed by atoms with van der Waals surface area (Å²) in [5.74, 6) is 4.96. The van der Waals surface area contributed by atoms with Gasteiger partial charge in [-0.15, -0.1) is 0 Å². The molecule has 3 heteroatoms. The van der Waals surface area contributed by atoms with Crippen molar-refractivity contribution in [3.8, 4) is 0 Å². The standard InChI is InChI=1S/C24H38O3/c1-22(26)9-7-17-16(13-22)3-4-19-18(17)8-10-23(2)20(19)5-6-21(23)24(11-12-25)14-27-15-24/h12,16-21,26H,3-11,13-15H2,1-2H3/t16-,17+,18-,19-,20+,21+,22-,23+/m1/s1. The Bertz CT molecular complexity index is 594. The smallest absolute Gasteiger partial charge is 0.120 e. The Kier molecular flexibility index (Phi) is 4.34. The fourth-order valence-electron chi connectivity index (χ4n) is 9.08. The highest BCUT2D eigenvalue weighted by Crippen LogP contribution is 2.68. The summed E-state index contributed by atoms with van der Waals surface area (Å²) in [6.45, 7) is 6.26. The first kappa shape index (κ1) is 18.6. The van der Waals surface area contributed by atoms with Crippen LogP contribution in [-0.2, 0) is 9.53 Å². The molecule has 0 radical (unpaired) electrons. The number of rotatable bonds is 3. The summed E-state index contributed by atoms with van der Waals surface area (Å²) in [6, 6.07) is 0. The lowest BCUT2D eigenvalue weighted by Gasteiger charge is -2.59. The molecule has 0 aromatic carbocycles. The Balaban J connectivity index is 1.37. The highest BCUT2D eigenvalue weighted by atomic mass is 16.5. The van der Waals surface area contributed by atoms with Crippen LogP contribution in [0.2, 0.25) is 0 Å². The van der Waals surface area contributed by atoms with Crippen LogP contribution in [0.25, 0.3) is 0 Å². The Labute approximate surface area is 164 Å². The molecule has 1 aliphatic heterocycles. The average molecular weight is 375 g/mol. The summed E-state index contributed by atoms with van der Waals surface area (Å²) >= 11 is 0. The van der Waals surface area contributed by atoms with Crippen molar-refractivity contribution in [2.45, 2.75) is 83.7 Å². The maximum absolute atomic E-state index is 11.4. The molecule has 5 aliphatic rings. The topological polar surface area (TPSA) is 46.5 Å². The summed E-state index contributed by atoms with van der Waals surface area (Å²) in [5, 5.41) is 10.6. The van der Waals surface area contributed by atoms with Gasteiger partial charge in [0, 0.05) is 11.8 Å². The molecule has 1 saturated heterocycles. The SMILES string of the molecule is C[C@@]1(O)CC[C@H]2[C@H](CC[C@@H]3[C@@H]2CC[C@]2(C)[C@@H](C4(CC=O)COC4)CC[C@@H]32)C1. The Morgan fingerprint density at radius 2 is 1.74 bits per heavy atom. The first-order valence-electron chi connectivity index (χ1n) is 11.6. The van der Waals surface area contributed by atoms with Gasteiger partial charge >= 0.3 is 0 Å². The van der Waals surface area contributed by atoms with Crippen molar-refractivity contribution in [1.82, 2.24) is 0 Å². The third kappa shape index (κ3) is 2.70. The second-order valence-corrected chi connectivity index (χ2v) is 11.6. The molecule has 4 aliphatic carbocycles. The van der Waals surface area contributed by atoms with Gasteiger partial charge in [0.25, 0.3) is 0 Å². The van der Waals surface area contributed by atoms with Gasteiger partial charge in [-0.2, -0.15) is 0 Å². The van der Waals surface area contributed by atoms with Gasteiger partial charge in [0.2, 0.25) is 0 Å². The zero-order valence-electron chi connectivity index (χ0n) is 17.3. The lowest BCUT2D eigenvalue weighted by molar-refractivity contribution is -0.186. The predicted molar refractivity (Wildman–Crippen MR) is 105 cm³/mol. The fourth-order valence-corrected chi connectivity index (χ4v) is 9.08. The molecule has 8 atom stereocenters.